The summed E-state index contributed by atoms with van der Waals surface area (Å²) in [5, 5.41) is 2.96. The molecule has 0 bridgehead atoms. The number of aryl methyl sites for hydroxylation is 1. The Hall–Kier alpha value is -0.800. The second kappa shape index (κ2) is 8.48. The van der Waals surface area contributed by atoms with E-state index in [1.807, 2.05) is 6.92 Å². The minimum Gasteiger partial charge on any atom is -0.303 e. The van der Waals surface area contributed by atoms with E-state index in [0.29, 0.717) is 17.4 Å². The lowest BCUT2D eigenvalue weighted by atomic mass is 10.2. The van der Waals surface area contributed by atoms with Crippen molar-refractivity contribution < 1.29 is 8.42 Å². The molecule has 0 radical (unpaired) electrons. The Balaban J connectivity index is 1.64. The van der Waals surface area contributed by atoms with Crippen LogP contribution < -0.4 is 4.72 Å². The van der Waals surface area contributed by atoms with E-state index in [2.05, 4.69) is 33.8 Å². The summed E-state index contributed by atoms with van der Waals surface area (Å²) in [6.07, 6.45) is 3.37. The lowest BCUT2D eigenvalue weighted by Gasteiger charge is -2.14. The summed E-state index contributed by atoms with van der Waals surface area (Å²) < 4.78 is 28.1. The van der Waals surface area contributed by atoms with Gasteiger partial charge in [-0.05, 0) is 57.8 Å². The van der Waals surface area contributed by atoms with Crippen molar-refractivity contribution in [3.8, 4) is 9.88 Å². The highest BCUT2D eigenvalue weighted by atomic mass is 32.2. The molecule has 0 atom stereocenters. The number of nitrogens with one attached hydrogen (secondary N) is 1. The molecule has 1 N–H and O–H groups in total. The molecule has 1 aliphatic rings. The van der Waals surface area contributed by atoms with Crippen LogP contribution in [-0.4, -0.2) is 44.5 Å². The maximum atomic E-state index is 12.7. The highest BCUT2D eigenvalue weighted by Gasteiger charge is 2.21. The van der Waals surface area contributed by atoms with E-state index in [1.54, 1.807) is 17.4 Å². The van der Waals surface area contributed by atoms with Crippen molar-refractivity contribution in [2.75, 3.05) is 26.2 Å². The van der Waals surface area contributed by atoms with Crippen molar-refractivity contribution in [1.29, 1.82) is 0 Å². The van der Waals surface area contributed by atoms with Crippen molar-refractivity contribution in [2.45, 2.75) is 50.8 Å². The number of hydrogen-bond donors (Lipinski definition) is 1. The second-order valence-corrected chi connectivity index (χ2v) is 10.9. The van der Waals surface area contributed by atoms with Gasteiger partial charge in [0, 0.05) is 16.8 Å². The first kappa shape index (κ1) is 19.9. The SMILES string of the molecule is Cc1sc(-c2nc(C(C)C)cs2)cc1S(=O)(=O)NCCCN1CCCC1. The molecule has 5 nitrogen and oxygen atoms in total. The summed E-state index contributed by atoms with van der Waals surface area (Å²) in [6, 6.07) is 1.77. The van der Waals surface area contributed by atoms with Gasteiger partial charge >= 0.3 is 0 Å². The fraction of sp³-hybridized carbons (Fsp3) is 0.611. The largest absolute Gasteiger partial charge is 0.303 e. The first-order chi connectivity index (χ1) is 12.4. The maximum Gasteiger partial charge on any atom is 0.241 e. The molecule has 3 rings (SSSR count). The van der Waals surface area contributed by atoms with Gasteiger partial charge in [0.1, 0.15) is 5.01 Å². The van der Waals surface area contributed by atoms with Crippen LogP contribution in [0.25, 0.3) is 9.88 Å². The monoisotopic (exact) mass is 413 g/mol. The minimum atomic E-state index is -3.46. The predicted molar refractivity (Wildman–Crippen MR) is 110 cm³/mol. The number of likely N-dealkylation sites (tertiary alicyclic amines) is 1. The van der Waals surface area contributed by atoms with Crippen molar-refractivity contribution in [1.82, 2.24) is 14.6 Å². The Bertz CT molecular complexity index is 834. The van der Waals surface area contributed by atoms with E-state index < -0.39 is 10.0 Å². The number of rotatable bonds is 8. The van der Waals surface area contributed by atoms with Gasteiger partial charge < -0.3 is 4.90 Å². The third-order valence-electron chi connectivity index (χ3n) is 4.63. The van der Waals surface area contributed by atoms with Gasteiger partial charge in [-0.3, -0.25) is 0 Å². The summed E-state index contributed by atoms with van der Waals surface area (Å²) in [4.78, 5) is 9.17. The molecule has 0 aliphatic carbocycles. The van der Waals surface area contributed by atoms with Crippen LogP contribution in [0.4, 0.5) is 0 Å². The molecule has 26 heavy (non-hydrogen) atoms. The molecule has 1 fully saturated rings. The normalized spacial score (nSPS) is 16.0. The smallest absolute Gasteiger partial charge is 0.241 e. The lowest BCUT2D eigenvalue weighted by molar-refractivity contribution is 0.334. The molecule has 0 spiro atoms. The van der Waals surface area contributed by atoms with Crippen LogP contribution >= 0.6 is 22.7 Å². The van der Waals surface area contributed by atoms with Gasteiger partial charge in [-0.2, -0.15) is 0 Å². The summed E-state index contributed by atoms with van der Waals surface area (Å²) in [6.45, 7) is 9.83. The number of sulfonamides is 1. The zero-order chi connectivity index (χ0) is 18.7. The number of thiazole rings is 1. The lowest BCUT2D eigenvalue weighted by Crippen LogP contribution is -2.28. The molecule has 1 saturated heterocycles. The molecule has 0 aromatic carbocycles. The van der Waals surface area contributed by atoms with Gasteiger partial charge in [0.2, 0.25) is 10.0 Å². The standard InChI is InChI=1S/C18H27N3O2S3/c1-13(2)15-12-24-18(20-15)16-11-17(14(3)25-16)26(22,23)19-7-6-10-21-8-4-5-9-21/h11-13,19H,4-10H2,1-3H3. The number of aromatic nitrogens is 1. The van der Waals surface area contributed by atoms with E-state index >= 15 is 0 Å². The number of nitrogens with zero attached hydrogens (tertiary/aromatic N) is 2. The molecule has 0 saturated carbocycles. The second-order valence-electron chi connectivity index (χ2n) is 7.06. The van der Waals surface area contributed by atoms with Crippen LogP contribution in [0, 0.1) is 6.92 Å². The molecular formula is C18H27N3O2S3. The van der Waals surface area contributed by atoms with E-state index in [1.165, 1.54) is 24.2 Å². The zero-order valence-electron chi connectivity index (χ0n) is 15.6. The number of hydrogen-bond acceptors (Lipinski definition) is 6. The molecule has 3 heterocycles. The van der Waals surface area contributed by atoms with Gasteiger partial charge in [0.25, 0.3) is 0 Å². The van der Waals surface area contributed by atoms with Crippen LogP contribution in [0.2, 0.25) is 0 Å². The van der Waals surface area contributed by atoms with Gasteiger partial charge in [0.05, 0.1) is 15.5 Å². The van der Waals surface area contributed by atoms with Gasteiger partial charge in [-0.1, -0.05) is 13.8 Å². The molecule has 0 amide bonds. The van der Waals surface area contributed by atoms with E-state index in [4.69, 9.17) is 0 Å². The average Bonchev–Trinajstić information content (AvgIpc) is 3.31. The first-order valence-electron chi connectivity index (χ1n) is 9.15. The summed E-state index contributed by atoms with van der Waals surface area (Å²) in [7, 11) is -3.46. The summed E-state index contributed by atoms with van der Waals surface area (Å²) in [5.74, 6) is 0.376. The van der Waals surface area contributed by atoms with Crippen LogP contribution in [0.15, 0.2) is 16.3 Å². The topological polar surface area (TPSA) is 62.3 Å². The quantitative estimate of drug-likeness (QED) is 0.663. The predicted octanol–water partition coefficient (Wildman–Crippen LogP) is 4.07. The van der Waals surface area contributed by atoms with E-state index in [-0.39, 0.29) is 0 Å². The Morgan fingerprint density at radius 2 is 2.04 bits per heavy atom. The van der Waals surface area contributed by atoms with Gasteiger partial charge in [0.15, 0.2) is 0 Å². The molecule has 144 valence electrons. The van der Waals surface area contributed by atoms with Crippen LogP contribution in [-0.2, 0) is 10.0 Å². The zero-order valence-corrected chi connectivity index (χ0v) is 18.1. The molecule has 0 unspecified atom stereocenters. The fourth-order valence-electron chi connectivity index (χ4n) is 3.10. The number of thiophene rings is 1. The fourth-order valence-corrected chi connectivity index (χ4v) is 6.80. The maximum absolute atomic E-state index is 12.7. The third-order valence-corrected chi connectivity index (χ3v) is 8.42. The van der Waals surface area contributed by atoms with Crippen molar-refractivity contribution in [3.63, 3.8) is 0 Å². The molecule has 1 aliphatic heterocycles. The summed E-state index contributed by atoms with van der Waals surface area (Å²) >= 11 is 3.08. The molecular weight excluding hydrogens is 386 g/mol. The first-order valence-corrected chi connectivity index (χ1v) is 12.3. The molecule has 2 aromatic rings. The van der Waals surface area contributed by atoms with E-state index in [0.717, 1.165) is 46.5 Å². The molecule has 8 heteroatoms. The minimum absolute atomic E-state index is 0.376. The highest BCUT2D eigenvalue weighted by molar-refractivity contribution is 7.89. The van der Waals surface area contributed by atoms with Crippen LogP contribution in [0.1, 0.15) is 49.6 Å². The Labute approximate surface area is 164 Å². The summed E-state index contributed by atoms with van der Waals surface area (Å²) in [5.41, 5.74) is 1.06. The van der Waals surface area contributed by atoms with Gasteiger partial charge in [-0.15, -0.1) is 22.7 Å². The van der Waals surface area contributed by atoms with Gasteiger partial charge in [-0.25, -0.2) is 18.1 Å². The van der Waals surface area contributed by atoms with Crippen molar-refractivity contribution >= 4 is 32.7 Å². The van der Waals surface area contributed by atoms with Crippen molar-refractivity contribution in [2.24, 2.45) is 0 Å². The third kappa shape index (κ3) is 4.72. The van der Waals surface area contributed by atoms with Crippen molar-refractivity contribution in [3.05, 3.63) is 22.0 Å². The van der Waals surface area contributed by atoms with E-state index in [9.17, 15) is 8.42 Å². The van der Waals surface area contributed by atoms with Crippen LogP contribution in [0.5, 0.6) is 0 Å². The highest BCUT2D eigenvalue weighted by Crippen LogP contribution is 2.36. The molecule has 2 aromatic heterocycles. The Morgan fingerprint density at radius 3 is 2.69 bits per heavy atom. The van der Waals surface area contributed by atoms with Crippen LogP contribution in [0.3, 0.4) is 0 Å². The Kier molecular flexibility index (Phi) is 6.50. The Morgan fingerprint density at radius 1 is 1.31 bits per heavy atom. The average molecular weight is 414 g/mol.